The molecule has 0 aromatic heterocycles. The van der Waals surface area contributed by atoms with Crippen LogP contribution in [0.5, 0.6) is 5.75 Å². The summed E-state index contributed by atoms with van der Waals surface area (Å²) in [5.41, 5.74) is 3.14. The van der Waals surface area contributed by atoms with E-state index in [2.05, 4.69) is 11.4 Å². The molecule has 0 atom stereocenters. The van der Waals surface area contributed by atoms with Crippen LogP contribution in [0.25, 0.3) is 0 Å². The lowest BCUT2D eigenvalue weighted by atomic mass is 10.1. The minimum atomic E-state index is -0.773. The monoisotopic (exact) mass is 367 g/mol. The van der Waals surface area contributed by atoms with Crippen molar-refractivity contribution in [2.24, 2.45) is 0 Å². The number of halogens is 2. The van der Waals surface area contributed by atoms with Gasteiger partial charge in [0.05, 0.1) is 5.56 Å². The zero-order valence-electron chi connectivity index (χ0n) is 15.1. The fourth-order valence-corrected chi connectivity index (χ4v) is 2.70. The summed E-state index contributed by atoms with van der Waals surface area (Å²) in [7, 11) is 0. The number of rotatable bonds is 5. The lowest BCUT2D eigenvalue weighted by molar-refractivity contribution is 0.102. The second-order valence-electron chi connectivity index (χ2n) is 6.33. The molecule has 0 aliphatic heterocycles. The van der Waals surface area contributed by atoms with E-state index in [9.17, 15) is 13.6 Å². The predicted octanol–water partition coefficient (Wildman–Crippen LogP) is 5.41. The molecule has 3 rings (SSSR count). The number of aryl methyl sites for hydroxylation is 2. The van der Waals surface area contributed by atoms with Gasteiger partial charge in [-0.2, -0.15) is 0 Å². The van der Waals surface area contributed by atoms with Gasteiger partial charge in [0.25, 0.3) is 5.91 Å². The molecule has 3 aromatic rings. The van der Waals surface area contributed by atoms with Crippen molar-refractivity contribution in [3.63, 3.8) is 0 Å². The highest BCUT2D eigenvalue weighted by Crippen LogP contribution is 2.23. The number of amides is 1. The van der Waals surface area contributed by atoms with Crippen LogP contribution in [0.4, 0.5) is 14.5 Å². The average Bonchev–Trinajstić information content (AvgIpc) is 2.64. The van der Waals surface area contributed by atoms with Crippen LogP contribution in [0.1, 0.15) is 27.0 Å². The minimum absolute atomic E-state index is 0.339. The van der Waals surface area contributed by atoms with E-state index >= 15 is 0 Å². The summed E-state index contributed by atoms with van der Waals surface area (Å²) < 4.78 is 32.8. The zero-order chi connectivity index (χ0) is 19.4. The molecule has 0 fully saturated rings. The van der Waals surface area contributed by atoms with Crippen molar-refractivity contribution in [3.8, 4) is 5.75 Å². The van der Waals surface area contributed by atoms with E-state index in [-0.39, 0.29) is 5.56 Å². The van der Waals surface area contributed by atoms with E-state index in [0.717, 1.165) is 34.9 Å². The molecule has 3 nitrogen and oxygen atoms in total. The average molecular weight is 367 g/mol. The first kappa shape index (κ1) is 18.6. The number of hydrogen-bond acceptors (Lipinski definition) is 2. The van der Waals surface area contributed by atoms with E-state index in [0.29, 0.717) is 18.0 Å². The molecule has 3 aromatic carbocycles. The van der Waals surface area contributed by atoms with Crippen LogP contribution >= 0.6 is 0 Å². The molecular weight excluding hydrogens is 348 g/mol. The number of nitrogens with one attached hydrogen (secondary N) is 1. The van der Waals surface area contributed by atoms with E-state index in [1.807, 2.05) is 25.1 Å². The number of carbonyl (C=O) groups excluding carboxylic acids is 1. The first-order chi connectivity index (χ1) is 12.9. The van der Waals surface area contributed by atoms with Crippen molar-refractivity contribution in [1.29, 1.82) is 0 Å². The van der Waals surface area contributed by atoms with Gasteiger partial charge in [-0.25, -0.2) is 8.78 Å². The summed E-state index contributed by atoms with van der Waals surface area (Å²) in [5.74, 6) is -1.49. The molecule has 5 heteroatoms. The molecule has 0 radical (unpaired) electrons. The van der Waals surface area contributed by atoms with Gasteiger partial charge in [0, 0.05) is 5.69 Å². The molecule has 1 amide bonds. The van der Waals surface area contributed by atoms with Crippen molar-refractivity contribution in [2.75, 3.05) is 5.32 Å². The Kier molecular flexibility index (Phi) is 5.50. The van der Waals surface area contributed by atoms with Crippen LogP contribution in [0.3, 0.4) is 0 Å². The van der Waals surface area contributed by atoms with Gasteiger partial charge in [-0.1, -0.05) is 29.8 Å². The van der Waals surface area contributed by atoms with Crippen LogP contribution in [-0.2, 0) is 6.61 Å². The molecular formula is C22H19F2NO2. The summed E-state index contributed by atoms with van der Waals surface area (Å²) in [4.78, 5) is 12.2. The number of anilines is 1. The van der Waals surface area contributed by atoms with Gasteiger partial charge in [-0.15, -0.1) is 0 Å². The molecule has 0 saturated carbocycles. The summed E-state index contributed by atoms with van der Waals surface area (Å²) in [6.45, 7) is 4.25. The summed E-state index contributed by atoms with van der Waals surface area (Å²) in [5, 5.41) is 2.60. The minimum Gasteiger partial charge on any atom is -0.489 e. The lowest BCUT2D eigenvalue weighted by Gasteiger charge is -2.12. The standard InChI is InChI=1S/C22H19F2NO2/c1-14-4-3-5-16(10-14)13-27-18-7-9-21(15(2)11-18)25-22(26)19-12-17(23)6-8-20(19)24/h3-12H,13H2,1-2H3,(H,25,26). The second-order valence-corrected chi connectivity index (χ2v) is 6.33. The third-order valence-electron chi connectivity index (χ3n) is 4.11. The smallest absolute Gasteiger partial charge is 0.258 e. The summed E-state index contributed by atoms with van der Waals surface area (Å²) in [6, 6.07) is 16.0. The molecule has 0 unspecified atom stereocenters. The Labute approximate surface area is 156 Å². The Morgan fingerprint density at radius 1 is 1.00 bits per heavy atom. The van der Waals surface area contributed by atoms with Crippen molar-refractivity contribution in [3.05, 3.63) is 94.6 Å². The van der Waals surface area contributed by atoms with E-state index in [4.69, 9.17) is 4.74 Å². The predicted molar refractivity (Wildman–Crippen MR) is 101 cm³/mol. The van der Waals surface area contributed by atoms with E-state index in [1.54, 1.807) is 25.1 Å². The molecule has 27 heavy (non-hydrogen) atoms. The molecule has 1 N–H and O–H groups in total. The largest absolute Gasteiger partial charge is 0.489 e. The van der Waals surface area contributed by atoms with Gasteiger partial charge in [0.2, 0.25) is 0 Å². The molecule has 0 spiro atoms. The third kappa shape index (κ3) is 4.70. The van der Waals surface area contributed by atoms with Gasteiger partial charge in [-0.05, 0) is 61.4 Å². The van der Waals surface area contributed by atoms with Crippen LogP contribution in [0.2, 0.25) is 0 Å². The van der Waals surface area contributed by atoms with Gasteiger partial charge in [0.1, 0.15) is 24.0 Å². The maximum Gasteiger partial charge on any atom is 0.258 e. The fraction of sp³-hybridized carbons (Fsp3) is 0.136. The number of carbonyl (C=O) groups is 1. The second kappa shape index (κ2) is 7.99. The highest BCUT2D eigenvalue weighted by atomic mass is 19.1. The quantitative estimate of drug-likeness (QED) is 0.654. The maximum atomic E-state index is 13.7. The van der Waals surface area contributed by atoms with Crippen molar-refractivity contribution >= 4 is 11.6 Å². The third-order valence-corrected chi connectivity index (χ3v) is 4.11. The molecule has 0 aliphatic carbocycles. The summed E-state index contributed by atoms with van der Waals surface area (Å²) >= 11 is 0. The van der Waals surface area contributed by atoms with Gasteiger partial charge >= 0.3 is 0 Å². The van der Waals surface area contributed by atoms with E-state index < -0.39 is 17.5 Å². The van der Waals surface area contributed by atoms with Gasteiger partial charge < -0.3 is 10.1 Å². The Morgan fingerprint density at radius 3 is 2.56 bits per heavy atom. The van der Waals surface area contributed by atoms with Crippen LogP contribution in [-0.4, -0.2) is 5.91 Å². The first-order valence-electron chi connectivity index (χ1n) is 8.48. The highest BCUT2D eigenvalue weighted by molar-refractivity contribution is 6.04. The SMILES string of the molecule is Cc1cccc(COc2ccc(NC(=O)c3cc(F)ccc3F)c(C)c2)c1. The summed E-state index contributed by atoms with van der Waals surface area (Å²) in [6.07, 6.45) is 0. The Bertz CT molecular complexity index is 986. The normalized spacial score (nSPS) is 10.5. The topological polar surface area (TPSA) is 38.3 Å². The van der Waals surface area contributed by atoms with Crippen molar-refractivity contribution < 1.29 is 18.3 Å². The molecule has 0 aliphatic rings. The van der Waals surface area contributed by atoms with Crippen LogP contribution < -0.4 is 10.1 Å². The molecule has 0 saturated heterocycles. The number of hydrogen-bond donors (Lipinski definition) is 1. The van der Waals surface area contributed by atoms with Crippen molar-refractivity contribution in [2.45, 2.75) is 20.5 Å². The molecule has 138 valence electrons. The Hall–Kier alpha value is -3.21. The fourth-order valence-electron chi connectivity index (χ4n) is 2.70. The van der Waals surface area contributed by atoms with Crippen LogP contribution in [0.15, 0.2) is 60.7 Å². The molecule has 0 heterocycles. The first-order valence-corrected chi connectivity index (χ1v) is 8.48. The number of benzene rings is 3. The van der Waals surface area contributed by atoms with E-state index in [1.165, 1.54) is 0 Å². The number of ether oxygens (including phenoxy) is 1. The zero-order valence-corrected chi connectivity index (χ0v) is 15.1. The maximum absolute atomic E-state index is 13.7. The molecule has 0 bridgehead atoms. The van der Waals surface area contributed by atoms with Gasteiger partial charge in [0.15, 0.2) is 0 Å². The Balaban J connectivity index is 1.69. The Morgan fingerprint density at radius 2 is 1.81 bits per heavy atom. The van der Waals surface area contributed by atoms with Gasteiger partial charge in [-0.3, -0.25) is 4.79 Å². The van der Waals surface area contributed by atoms with Crippen molar-refractivity contribution in [1.82, 2.24) is 0 Å². The lowest BCUT2D eigenvalue weighted by Crippen LogP contribution is -2.15. The highest BCUT2D eigenvalue weighted by Gasteiger charge is 2.14. The van der Waals surface area contributed by atoms with Crippen LogP contribution in [0, 0.1) is 25.5 Å².